The highest BCUT2D eigenvalue weighted by Crippen LogP contribution is 2.44. The van der Waals surface area contributed by atoms with Gasteiger partial charge in [0.05, 0.1) is 5.69 Å². The highest BCUT2D eigenvalue weighted by molar-refractivity contribution is 6.15. The molecule has 0 saturated carbocycles. The maximum absolute atomic E-state index is 13.1. The molecule has 3 aliphatic rings. The smallest absolute Gasteiger partial charge is 0.282 e. The summed E-state index contributed by atoms with van der Waals surface area (Å²) in [6.07, 6.45) is 0.922. The van der Waals surface area contributed by atoms with Crippen molar-refractivity contribution in [2.24, 2.45) is 15.7 Å². The fourth-order valence-electron chi connectivity index (χ4n) is 3.94. The van der Waals surface area contributed by atoms with Crippen molar-refractivity contribution < 1.29 is 4.79 Å². The molecule has 0 bridgehead atoms. The van der Waals surface area contributed by atoms with Crippen molar-refractivity contribution in [3.63, 3.8) is 0 Å². The SMILES string of the molecule is CN1C(=O)[C@]2(N=C(N)NC(N3CCc4ccccc43)=N2)c2ccccc21. The van der Waals surface area contributed by atoms with E-state index in [4.69, 9.17) is 10.7 Å². The molecule has 3 N–H and O–H groups in total. The highest BCUT2D eigenvalue weighted by Gasteiger charge is 2.52. The van der Waals surface area contributed by atoms with Crippen molar-refractivity contribution in [3.8, 4) is 0 Å². The second kappa shape index (κ2) is 5.08. The summed E-state index contributed by atoms with van der Waals surface area (Å²) in [5.74, 6) is 0.548. The van der Waals surface area contributed by atoms with Gasteiger partial charge in [-0.05, 0) is 24.1 Å². The number of benzene rings is 2. The molecule has 0 aliphatic carbocycles. The topological polar surface area (TPSA) is 86.3 Å². The average molecular weight is 346 g/mol. The number of amides is 1. The van der Waals surface area contributed by atoms with Crippen LogP contribution in [-0.4, -0.2) is 31.4 Å². The number of rotatable bonds is 0. The first-order valence-corrected chi connectivity index (χ1v) is 8.55. The van der Waals surface area contributed by atoms with Crippen molar-refractivity contribution in [2.75, 3.05) is 23.4 Å². The number of hydrogen-bond donors (Lipinski definition) is 2. The molecule has 3 aliphatic heterocycles. The summed E-state index contributed by atoms with van der Waals surface area (Å²) < 4.78 is 0. The van der Waals surface area contributed by atoms with Gasteiger partial charge >= 0.3 is 0 Å². The van der Waals surface area contributed by atoms with E-state index in [1.807, 2.05) is 36.4 Å². The lowest BCUT2D eigenvalue weighted by molar-refractivity contribution is -0.122. The van der Waals surface area contributed by atoms with Gasteiger partial charge in [-0.1, -0.05) is 36.4 Å². The molecule has 2 aromatic rings. The van der Waals surface area contributed by atoms with Crippen molar-refractivity contribution in [1.82, 2.24) is 5.32 Å². The fourth-order valence-corrected chi connectivity index (χ4v) is 3.94. The van der Waals surface area contributed by atoms with Gasteiger partial charge in [0.25, 0.3) is 11.6 Å². The van der Waals surface area contributed by atoms with Crippen molar-refractivity contribution in [1.29, 1.82) is 0 Å². The zero-order valence-electron chi connectivity index (χ0n) is 14.3. The number of anilines is 2. The maximum atomic E-state index is 13.1. The van der Waals surface area contributed by atoms with Crippen LogP contribution in [0.5, 0.6) is 0 Å². The molecule has 130 valence electrons. The molecule has 0 radical (unpaired) electrons. The third-order valence-electron chi connectivity index (χ3n) is 5.18. The zero-order valence-corrected chi connectivity index (χ0v) is 14.3. The van der Waals surface area contributed by atoms with Crippen LogP contribution in [0, 0.1) is 0 Å². The molecule has 3 heterocycles. The first-order chi connectivity index (χ1) is 12.6. The number of nitrogens with one attached hydrogen (secondary N) is 1. The number of para-hydroxylation sites is 2. The number of fused-ring (bicyclic) bond motifs is 3. The minimum atomic E-state index is -1.35. The van der Waals surface area contributed by atoms with E-state index in [0.717, 1.165) is 29.9 Å². The second-order valence-corrected chi connectivity index (χ2v) is 6.64. The Morgan fingerprint density at radius 1 is 1.08 bits per heavy atom. The first-order valence-electron chi connectivity index (χ1n) is 8.55. The predicted octanol–water partition coefficient (Wildman–Crippen LogP) is 1.15. The Kier molecular flexibility index (Phi) is 2.92. The quantitative estimate of drug-likeness (QED) is 0.749. The lowest BCUT2D eigenvalue weighted by Crippen LogP contribution is -2.54. The van der Waals surface area contributed by atoms with Crippen LogP contribution in [0.4, 0.5) is 11.4 Å². The number of aliphatic imine (C=N–C) groups is 2. The Bertz CT molecular complexity index is 997. The summed E-state index contributed by atoms with van der Waals surface area (Å²) >= 11 is 0. The average Bonchev–Trinajstić information content (AvgIpc) is 3.17. The van der Waals surface area contributed by atoms with E-state index in [1.54, 1.807) is 11.9 Å². The molecule has 7 heteroatoms. The number of carbonyl (C=O) groups is 1. The number of likely N-dealkylation sites (N-methyl/N-ethyl adjacent to an activating group) is 1. The minimum Gasteiger partial charge on any atom is -0.370 e. The van der Waals surface area contributed by atoms with E-state index >= 15 is 0 Å². The Morgan fingerprint density at radius 2 is 1.81 bits per heavy atom. The van der Waals surface area contributed by atoms with Crippen LogP contribution >= 0.6 is 0 Å². The maximum Gasteiger partial charge on any atom is 0.282 e. The molecule has 1 spiro atoms. The van der Waals surface area contributed by atoms with Crippen LogP contribution in [0.25, 0.3) is 0 Å². The molecule has 2 aromatic carbocycles. The van der Waals surface area contributed by atoms with Crippen LogP contribution in [0.1, 0.15) is 11.1 Å². The van der Waals surface area contributed by atoms with E-state index < -0.39 is 5.66 Å². The number of carbonyl (C=O) groups excluding carboxylic acids is 1. The van der Waals surface area contributed by atoms with Crippen LogP contribution in [-0.2, 0) is 16.9 Å². The summed E-state index contributed by atoms with van der Waals surface area (Å²) in [6.45, 7) is 0.778. The molecule has 0 aromatic heterocycles. The van der Waals surface area contributed by atoms with E-state index in [9.17, 15) is 4.79 Å². The molecular formula is C19H18N6O. The van der Waals surface area contributed by atoms with Gasteiger partial charge in [-0.2, -0.15) is 0 Å². The van der Waals surface area contributed by atoms with Gasteiger partial charge in [-0.15, -0.1) is 0 Å². The summed E-state index contributed by atoms with van der Waals surface area (Å²) in [5.41, 5.74) is 8.63. The monoisotopic (exact) mass is 346 g/mol. The predicted molar refractivity (Wildman–Crippen MR) is 101 cm³/mol. The molecular weight excluding hydrogens is 328 g/mol. The number of nitrogens with zero attached hydrogens (tertiary/aromatic N) is 4. The van der Waals surface area contributed by atoms with Gasteiger partial charge in [-0.25, -0.2) is 9.98 Å². The summed E-state index contributed by atoms with van der Waals surface area (Å²) in [4.78, 5) is 26.0. The molecule has 1 amide bonds. The van der Waals surface area contributed by atoms with Crippen molar-refractivity contribution in [3.05, 3.63) is 59.7 Å². The van der Waals surface area contributed by atoms with Gasteiger partial charge in [0.1, 0.15) is 0 Å². The number of guanidine groups is 2. The molecule has 1 atom stereocenters. The molecule has 5 rings (SSSR count). The van der Waals surface area contributed by atoms with Gasteiger partial charge in [0.15, 0.2) is 5.96 Å². The van der Waals surface area contributed by atoms with Gasteiger partial charge in [0.2, 0.25) is 5.96 Å². The molecule has 0 unspecified atom stereocenters. The molecule has 0 fully saturated rings. The van der Waals surface area contributed by atoms with Crippen LogP contribution in [0.15, 0.2) is 58.5 Å². The van der Waals surface area contributed by atoms with E-state index in [1.165, 1.54) is 5.56 Å². The lowest BCUT2D eigenvalue weighted by atomic mass is 10.0. The third kappa shape index (κ3) is 1.85. The van der Waals surface area contributed by atoms with Crippen molar-refractivity contribution >= 4 is 29.2 Å². The summed E-state index contributed by atoms with van der Waals surface area (Å²) in [6, 6.07) is 15.8. The second-order valence-electron chi connectivity index (χ2n) is 6.64. The number of nitrogens with two attached hydrogens (primary N) is 1. The molecule has 7 nitrogen and oxygen atoms in total. The Morgan fingerprint density at radius 3 is 2.65 bits per heavy atom. The Hall–Kier alpha value is -3.35. The van der Waals surface area contributed by atoms with Gasteiger partial charge in [-0.3, -0.25) is 10.1 Å². The largest absolute Gasteiger partial charge is 0.370 e. The highest BCUT2D eigenvalue weighted by atomic mass is 16.2. The van der Waals surface area contributed by atoms with E-state index in [2.05, 4.69) is 27.3 Å². The first kappa shape index (κ1) is 14.9. The molecule has 0 saturated heterocycles. The molecule has 26 heavy (non-hydrogen) atoms. The fraction of sp³-hybridized carbons (Fsp3) is 0.211. The number of hydrogen-bond acceptors (Lipinski definition) is 6. The Balaban J connectivity index is 1.67. The standard InChI is InChI=1S/C19H18N6O/c1-24-15-9-5-3-7-13(15)19(16(24)26)22-17(20)21-18(23-19)25-11-10-12-6-2-4-8-14(12)25/h2-9H,10-11H2,1H3,(H3,20,21,22,23)/t19-/m0/s1. The van der Waals surface area contributed by atoms with E-state index in [-0.39, 0.29) is 11.9 Å². The summed E-state index contributed by atoms with van der Waals surface area (Å²) in [5, 5.41) is 3.05. The van der Waals surface area contributed by atoms with E-state index in [0.29, 0.717) is 5.96 Å². The third-order valence-corrected chi connectivity index (χ3v) is 5.18. The van der Waals surface area contributed by atoms with Gasteiger partial charge in [0, 0.05) is 24.8 Å². The van der Waals surface area contributed by atoms with Crippen LogP contribution < -0.4 is 20.9 Å². The lowest BCUT2D eigenvalue weighted by Gasteiger charge is -2.30. The summed E-state index contributed by atoms with van der Waals surface area (Å²) in [7, 11) is 1.74. The normalized spacial score (nSPS) is 23.5. The van der Waals surface area contributed by atoms with Crippen LogP contribution in [0.3, 0.4) is 0 Å². The van der Waals surface area contributed by atoms with Gasteiger partial charge < -0.3 is 15.5 Å². The Labute approximate surface area is 150 Å². The zero-order chi connectivity index (χ0) is 17.9. The van der Waals surface area contributed by atoms with Crippen molar-refractivity contribution in [2.45, 2.75) is 12.1 Å². The van der Waals surface area contributed by atoms with Crippen LogP contribution in [0.2, 0.25) is 0 Å². The minimum absolute atomic E-state index is 0.192.